The lowest BCUT2D eigenvalue weighted by Crippen LogP contribution is -1.96. The molecule has 0 aliphatic carbocycles. The molecule has 0 heterocycles. The lowest BCUT2D eigenvalue weighted by atomic mass is 10.1. The highest BCUT2D eigenvalue weighted by atomic mass is 16.5. The van der Waals surface area contributed by atoms with Crippen LogP contribution in [0.1, 0.15) is 15.9 Å². The molecule has 1 aromatic carbocycles. The summed E-state index contributed by atoms with van der Waals surface area (Å²) in [5.74, 6) is -0.111. The molecule has 0 atom stereocenters. The van der Waals surface area contributed by atoms with E-state index in [1.54, 1.807) is 12.1 Å². The Morgan fingerprint density at radius 3 is 2.75 bits per heavy atom. The number of esters is 1. The van der Waals surface area contributed by atoms with E-state index >= 15 is 0 Å². The third-order valence-electron chi connectivity index (χ3n) is 1.89. The van der Waals surface area contributed by atoms with Crippen molar-refractivity contribution in [3.8, 4) is 5.75 Å². The Balaban J connectivity index is 2.77. The summed E-state index contributed by atoms with van der Waals surface area (Å²) in [5, 5.41) is 0. The average molecular weight is 220 g/mol. The Morgan fingerprint density at radius 1 is 1.38 bits per heavy atom. The fraction of sp³-hybridized carbons (Fsp3) is 0.167. The van der Waals surface area contributed by atoms with Crippen LogP contribution in [0, 0.1) is 6.92 Å². The number of hydrogen-bond acceptors (Lipinski definition) is 4. The number of hydrogen-bond donors (Lipinski definition) is 0. The summed E-state index contributed by atoms with van der Waals surface area (Å²) in [4.78, 5) is 21.5. The summed E-state index contributed by atoms with van der Waals surface area (Å²) in [7, 11) is 1.27. The number of methoxy groups -OCH3 is 1. The van der Waals surface area contributed by atoms with Crippen molar-refractivity contribution in [2.45, 2.75) is 6.92 Å². The first-order valence-corrected chi connectivity index (χ1v) is 4.64. The molecule has 0 unspecified atom stereocenters. The van der Waals surface area contributed by atoms with Crippen molar-refractivity contribution in [2.24, 2.45) is 0 Å². The maximum Gasteiger partial charge on any atom is 0.333 e. The number of carbonyl (C=O) groups excluding carboxylic acids is 2. The fourth-order valence-corrected chi connectivity index (χ4v) is 1.10. The van der Waals surface area contributed by atoms with E-state index in [2.05, 4.69) is 4.74 Å². The molecule has 16 heavy (non-hydrogen) atoms. The van der Waals surface area contributed by atoms with Gasteiger partial charge in [-0.3, -0.25) is 4.79 Å². The number of ether oxygens (including phenoxy) is 2. The molecular formula is C12H12O4. The van der Waals surface area contributed by atoms with Gasteiger partial charge in [-0.15, -0.1) is 0 Å². The van der Waals surface area contributed by atoms with E-state index in [1.807, 2.05) is 13.0 Å². The Labute approximate surface area is 93.5 Å². The van der Waals surface area contributed by atoms with Crippen molar-refractivity contribution >= 4 is 12.3 Å². The summed E-state index contributed by atoms with van der Waals surface area (Å²) in [6.45, 7) is 1.88. The monoisotopic (exact) mass is 220 g/mol. The highest BCUT2D eigenvalue weighted by molar-refractivity contribution is 5.82. The third-order valence-corrected chi connectivity index (χ3v) is 1.89. The van der Waals surface area contributed by atoms with Crippen LogP contribution in [0.25, 0.3) is 0 Å². The van der Waals surface area contributed by atoms with Gasteiger partial charge in [0, 0.05) is 0 Å². The molecule has 0 fully saturated rings. The van der Waals surface area contributed by atoms with Gasteiger partial charge in [0.2, 0.25) is 0 Å². The van der Waals surface area contributed by atoms with Crippen LogP contribution in [-0.4, -0.2) is 19.4 Å². The van der Waals surface area contributed by atoms with Gasteiger partial charge in [-0.05, 0) is 19.1 Å². The molecule has 1 aromatic rings. The van der Waals surface area contributed by atoms with Crippen LogP contribution in [0.5, 0.6) is 5.75 Å². The molecule has 1 rings (SSSR count). The van der Waals surface area contributed by atoms with Gasteiger partial charge in [-0.1, -0.05) is 11.6 Å². The molecule has 0 spiro atoms. The third kappa shape index (κ3) is 3.24. The van der Waals surface area contributed by atoms with Crippen LogP contribution < -0.4 is 4.74 Å². The van der Waals surface area contributed by atoms with Crippen LogP contribution in [0.2, 0.25) is 0 Å². The minimum atomic E-state index is -0.514. The molecule has 0 aliphatic heterocycles. The first-order chi connectivity index (χ1) is 7.67. The second-order valence-electron chi connectivity index (χ2n) is 3.10. The van der Waals surface area contributed by atoms with Crippen molar-refractivity contribution in [1.82, 2.24) is 0 Å². The number of aldehydes is 1. The molecule has 0 radical (unpaired) electrons. The summed E-state index contributed by atoms with van der Waals surface area (Å²) in [6, 6.07) is 5.18. The van der Waals surface area contributed by atoms with Crippen LogP contribution in [-0.2, 0) is 9.53 Å². The Hall–Kier alpha value is -2.10. The van der Waals surface area contributed by atoms with E-state index in [4.69, 9.17) is 4.74 Å². The van der Waals surface area contributed by atoms with Crippen molar-refractivity contribution in [3.63, 3.8) is 0 Å². The van der Waals surface area contributed by atoms with Gasteiger partial charge >= 0.3 is 5.97 Å². The van der Waals surface area contributed by atoms with E-state index in [0.717, 1.165) is 11.6 Å². The van der Waals surface area contributed by atoms with Crippen LogP contribution in [0.3, 0.4) is 0 Å². The van der Waals surface area contributed by atoms with Crippen molar-refractivity contribution in [1.29, 1.82) is 0 Å². The SMILES string of the molecule is COC(=O)C=COc1ccc(C)cc1C=O. The Kier molecular flexibility index (Phi) is 4.27. The first-order valence-electron chi connectivity index (χ1n) is 4.64. The van der Waals surface area contributed by atoms with Crippen molar-refractivity contribution < 1.29 is 19.1 Å². The Bertz CT molecular complexity index is 421. The van der Waals surface area contributed by atoms with Gasteiger partial charge in [0.25, 0.3) is 0 Å². The second-order valence-corrected chi connectivity index (χ2v) is 3.10. The van der Waals surface area contributed by atoms with E-state index in [1.165, 1.54) is 13.4 Å². The molecule has 84 valence electrons. The molecule has 0 N–H and O–H groups in total. The molecule has 0 bridgehead atoms. The summed E-state index contributed by atoms with van der Waals surface area (Å²) in [5.41, 5.74) is 1.40. The number of rotatable bonds is 4. The summed E-state index contributed by atoms with van der Waals surface area (Å²) in [6.07, 6.45) is 3.02. The number of benzene rings is 1. The van der Waals surface area contributed by atoms with Crippen LogP contribution >= 0.6 is 0 Å². The minimum Gasteiger partial charge on any atom is -0.466 e. The van der Waals surface area contributed by atoms with E-state index in [9.17, 15) is 9.59 Å². The molecule has 0 amide bonds. The minimum absolute atomic E-state index is 0.403. The maximum atomic E-state index is 10.8. The molecular weight excluding hydrogens is 208 g/mol. The smallest absolute Gasteiger partial charge is 0.333 e. The van der Waals surface area contributed by atoms with E-state index < -0.39 is 5.97 Å². The molecule has 0 aliphatic rings. The molecule has 4 nitrogen and oxygen atoms in total. The zero-order valence-electron chi connectivity index (χ0n) is 9.10. The van der Waals surface area contributed by atoms with Gasteiger partial charge in [-0.25, -0.2) is 4.79 Å². The van der Waals surface area contributed by atoms with Gasteiger partial charge in [0.1, 0.15) is 5.75 Å². The normalized spacial score (nSPS) is 10.1. The average Bonchev–Trinajstić information content (AvgIpc) is 2.30. The second kappa shape index (κ2) is 5.70. The molecule has 0 aromatic heterocycles. The predicted octanol–water partition coefficient (Wildman–Crippen LogP) is 1.87. The van der Waals surface area contributed by atoms with Crippen molar-refractivity contribution in [3.05, 3.63) is 41.7 Å². The zero-order chi connectivity index (χ0) is 12.0. The van der Waals surface area contributed by atoms with Gasteiger partial charge in [0.15, 0.2) is 6.29 Å². The predicted molar refractivity (Wildman–Crippen MR) is 58.4 cm³/mol. The summed E-state index contributed by atoms with van der Waals surface area (Å²) >= 11 is 0. The maximum absolute atomic E-state index is 10.8. The van der Waals surface area contributed by atoms with Gasteiger partial charge in [0.05, 0.1) is 25.0 Å². The molecule has 0 saturated heterocycles. The quantitative estimate of drug-likeness (QED) is 0.336. The van der Waals surface area contributed by atoms with Crippen LogP contribution in [0.4, 0.5) is 0 Å². The Morgan fingerprint density at radius 2 is 2.12 bits per heavy atom. The van der Waals surface area contributed by atoms with Crippen LogP contribution in [0.15, 0.2) is 30.5 Å². The lowest BCUT2D eigenvalue weighted by molar-refractivity contribution is -0.134. The van der Waals surface area contributed by atoms with Crippen molar-refractivity contribution in [2.75, 3.05) is 7.11 Å². The van der Waals surface area contributed by atoms with E-state index in [0.29, 0.717) is 17.6 Å². The highest BCUT2D eigenvalue weighted by Crippen LogP contribution is 2.18. The molecule has 4 heteroatoms. The lowest BCUT2D eigenvalue weighted by Gasteiger charge is -2.03. The number of aryl methyl sites for hydroxylation is 1. The molecule has 0 saturated carbocycles. The largest absolute Gasteiger partial charge is 0.466 e. The summed E-state index contributed by atoms with van der Waals surface area (Å²) < 4.78 is 9.53. The van der Waals surface area contributed by atoms with E-state index in [-0.39, 0.29) is 0 Å². The number of carbonyl (C=O) groups is 2. The fourth-order valence-electron chi connectivity index (χ4n) is 1.10. The van der Waals surface area contributed by atoms with Gasteiger partial charge in [-0.2, -0.15) is 0 Å². The topological polar surface area (TPSA) is 52.6 Å². The van der Waals surface area contributed by atoms with Gasteiger partial charge < -0.3 is 9.47 Å². The standard InChI is InChI=1S/C12H12O4/c1-9-3-4-11(10(7-9)8-13)16-6-5-12(14)15-2/h3-8H,1-2H3. The highest BCUT2D eigenvalue weighted by Gasteiger charge is 2.01. The first kappa shape index (κ1) is 12.0. The zero-order valence-corrected chi connectivity index (χ0v) is 9.10.